The van der Waals surface area contributed by atoms with Gasteiger partial charge in [-0.25, -0.2) is 4.68 Å². The average molecular weight is 291 g/mol. The smallest absolute Gasteiger partial charge is 0.396 e. The van der Waals surface area contributed by atoms with Crippen molar-refractivity contribution in [2.75, 3.05) is 6.61 Å². The molecule has 86 valence electrons. The van der Waals surface area contributed by atoms with Crippen LogP contribution in [0.25, 0.3) is 0 Å². The fourth-order valence-electron chi connectivity index (χ4n) is 0.913. The van der Waals surface area contributed by atoms with Crippen LogP contribution in [0.5, 0.6) is 0 Å². The van der Waals surface area contributed by atoms with Gasteiger partial charge in [-0.05, 0) is 15.9 Å². The number of aromatic nitrogens is 2. The van der Waals surface area contributed by atoms with E-state index in [1.807, 2.05) is 0 Å². The predicted molar refractivity (Wildman–Crippen MR) is 46.8 cm³/mol. The van der Waals surface area contributed by atoms with E-state index < -0.39 is 25.0 Å². The summed E-state index contributed by atoms with van der Waals surface area (Å²) in [5.74, 6) is -4.34. The van der Waals surface area contributed by atoms with E-state index in [2.05, 4.69) is 21.0 Å². The predicted octanol–water partition coefficient (Wildman–Crippen LogP) is 2.21. The van der Waals surface area contributed by atoms with E-state index in [1.54, 1.807) is 0 Å². The summed E-state index contributed by atoms with van der Waals surface area (Å²) in [5, 5.41) is 11.4. The van der Waals surface area contributed by atoms with E-state index in [1.165, 1.54) is 0 Å². The molecule has 3 nitrogen and oxygen atoms in total. The van der Waals surface area contributed by atoms with Crippen LogP contribution in [0.2, 0.25) is 0 Å². The molecule has 0 aliphatic heterocycles. The summed E-state index contributed by atoms with van der Waals surface area (Å²) in [4.78, 5) is 0. The van der Waals surface area contributed by atoms with Crippen LogP contribution < -0.4 is 0 Å². The Hall–Kier alpha value is -0.630. The fourth-order valence-corrected chi connectivity index (χ4v) is 1.20. The minimum atomic E-state index is -4.46. The Labute approximate surface area is 90.8 Å². The van der Waals surface area contributed by atoms with Crippen molar-refractivity contribution in [1.82, 2.24) is 9.78 Å². The van der Waals surface area contributed by atoms with Gasteiger partial charge in [-0.1, -0.05) is 0 Å². The van der Waals surface area contributed by atoms with Crippen LogP contribution in [0.4, 0.5) is 17.6 Å². The molecule has 0 saturated heterocycles. The molecular weight excluding hydrogens is 284 g/mol. The maximum absolute atomic E-state index is 13.2. The minimum Gasteiger partial charge on any atom is -0.396 e. The summed E-state index contributed by atoms with van der Waals surface area (Å²) in [6.07, 6.45) is 0.395. The monoisotopic (exact) mass is 290 g/mol. The highest BCUT2D eigenvalue weighted by molar-refractivity contribution is 9.10. The number of hydrogen-bond acceptors (Lipinski definition) is 2. The number of alkyl halides is 4. The van der Waals surface area contributed by atoms with Gasteiger partial charge in [0.25, 0.3) is 0 Å². The molecule has 8 heteroatoms. The molecule has 0 amide bonds. The van der Waals surface area contributed by atoms with Crippen LogP contribution >= 0.6 is 15.9 Å². The molecule has 0 unspecified atom stereocenters. The van der Waals surface area contributed by atoms with Gasteiger partial charge >= 0.3 is 12.0 Å². The first-order valence-electron chi connectivity index (χ1n) is 3.88. The van der Waals surface area contributed by atoms with Gasteiger partial charge in [0.05, 0.1) is 10.7 Å². The molecular formula is C7H7BrF4N2O. The summed E-state index contributed by atoms with van der Waals surface area (Å²) in [6, 6.07) is -4.46. The topological polar surface area (TPSA) is 38.0 Å². The van der Waals surface area contributed by atoms with Crippen LogP contribution in [-0.2, 0) is 6.05 Å². The van der Waals surface area contributed by atoms with Crippen molar-refractivity contribution >= 4 is 15.9 Å². The Morgan fingerprint density at radius 2 is 2.00 bits per heavy atom. The SMILES string of the molecule is OCCC(F)(F)C(F)(F)n1cc(Br)cn1. The van der Waals surface area contributed by atoms with Crippen LogP contribution in [0.1, 0.15) is 6.42 Å². The number of nitrogens with zero attached hydrogens (tertiary/aromatic N) is 2. The lowest BCUT2D eigenvalue weighted by Crippen LogP contribution is -2.44. The van der Waals surface area contributed by atoms with Gasteiger partial charge in [0.1, 0.15) is 0 Å². The lowest BCUT2D eigenvalue weighted by molar-refractivity contribution is -0.270. The normalized spacial score (nSPS) is 13.2. The van der Waals surface area contributed by atoms with E-state index in [0.717, 1.165) is 12.4 Å². The van der Waals surface area contributed by atoms with Crippen LogP contribution in [-0.4, -0.2) is 27.4 Å². The second kappa shape index (κ2) is 4.09. The molecule has 1 aromatic rings. The molecule has 0 spiro atoms. The van der Waals surface area contributed by atoms with Gasteiger partial charge in [-0.2, -0.15) is 22.7 Å². The molecule has 0 aliphatic carbocycles. The van der Waals surface area contributed by atoms with Crippen molar-refractivity contribution in [2.45, 2.75) is 18.4 Å². The Kier molecular flexibility index (Phi) is 3.39. The van der Waals surface area contributed by atoms with E-state index in [0.29, 0.717) is 0 Å². The summed E-state index contributed by atoms with van der Waals surface area (Å²) in [5.41, 5.74) is 0. The van der Waals surface area contributed by atoms with E-state index in [4.69, 9.17) is 5.11 Å². The van der Waals surface area contributed by atoms with Gasteiger partial charge in [0, 0.05) is 19.2 Å². The maximum atomic E-state index is 13.2. The molecule has 0 atom stereocenters. The van der Waals surface area contributed by atoms with Crippen molar-refractivity contribution in [3.8, 4) is 0 Å². The van der Waals surface area contributed by atoms with Crippen molar-refractivity contribution in [3.05, 3.63) is 16.9 Å². The molecule has 0 saturated carbocycles. The third-order valence-corrected chi connectivity index (χ3v) is 2.11. The first-order valence-corrected chi connectivity index (χ1v) is 4.68. The van der Waals surface area contributed by atoms with Crippen LogP contribution in [0.3, 0.4) is 0 Å². The molecule has 0 aliphatic rings. The zero-order valence-corrected chi connectivity index (χ0v) is 8.89. The first-order chi connectivity index (χ1) is 6.81. The molecule has 0 bridgehead atoms. The van der Waals surface area contributed by atoms with Gasteiger partial charge in [0.2, 0.25) is 0 Å². The van der Waals surface area contributed by atoms with Crippen molar-refractivity contribution in [3.63, 3.8) is 0 Å². The number of aliphatic hydroxyl groups is 1. The summed E-state index contributed by atoms with van der Waals surface area (Å²) in [7, 11) is 0. The average Bonchev–Trinajstić information content (AvgIpc) is 2.51. The van der Waals surface area contributed by atoms with Crippen LogP contribution in [0.15, 0.2) is 16.9 Å². The molecule has 0 aromatic carbocycles. The molecule has 1 heterocycles. The molecule has 15 heavy (non-hydrogen) atoms. The van der Waals surface area contributed by atoms with Crippen molar-refractivity contribution in [2.24, 2.45) is 0 Å². The molecule has 1 aromatic heterocycles. The summed E-state index contributed by atoms with van der Waals surface area (Å²) >= 11 is 2.82. The lowest BCUT2D eigenvalue weighted by Gasteiger charge is -2.25. The van der Waals surface area contributed by atoms with Gasteiger partial charge in [-0.3, -0.25) is 0 Å². The maximum Gasteiger partial charge on any atom is 0.406 e. The highest BCUT2D eigenvalue weighted by Gasteiger charge is 2.58. The standard InChI is InChI=1S/C7H7BrF4N2O/c8-5-3-13-14(4-5)7(11,12)6(9,10)1-2-15/h3-4,15H,1-2H2. The Morgan fingerprint density at radius 1 is 1.40 bits per heavy atom. The highest BCUT2D eigenvalue weighted by atomic mass is 79.9. The largest absolute Gasteiger partial charge is 0.406 e. The third kappa shape index (κ3) is 2.31. The van der Waals surface area contributed by atoms with Crippen LogP contribution in [0, 0.1) is 0 Å². The quantitative estimate of drug-likeness (QED) is 0.864. The molecule has 1 rings (SSSR count). The van der Waals surface area contributed by atoms with Crippen molar-refractivity contribution < 1.29 is 22.7 Å². The number of aliphatic hydroxyl groups excluding tert-OH is 1. The number of hydrogen-bond donors (Lipinski definition) is 1. The van der Waals surface area contributed by atoms with E-state index in [9.17, 15) is 17.6 Å². The number of rotatable bonds is 4. The third-order valence-electron chi connectivity index (χ3n) is 1.70. The second-order valence-corrected chi connectivity index (χ2v) is 3.74. The zero-order valence-electron chi connectivity index (χ0n) is 7.30. The van der Waals surface area contributed by atoms with Gasteiger partial charge in [-0.15, -0.1) is 0 Å². The summed E-state index contributed by atoms with van der Waals surface area (Å²) < 4.78 is 52.2. The number of halogens is 5. The second-order valence-electron chi connectivity index (χ2n) is 2.82. The molecule has 1 N–H and O–H groups in total. The highest BCUT2D eigenvalue weighted by Crippen LogP contribution is 2.40. The lowest BCUT2D eigenvalue weighted by atomic mass is 10.2. The summed E-state index contributed by atoms with van der Waals surface area (Å²) in [6.45, 7) is -1.02. The first kappa shape index (κ1) is 12.4. The zero-order chi connectivity index (χ0) is 11.7. The Bertz CT molecular complexity index is 341. The Morgan fingerprint density at radius 3 is 2.40 bits per heavy atom. The van der Waals surface area contributed by atoms with E-state index >= 15 is 0 Å². The van der Waals surface area contributed by atoms with Crippen molar-refractivity contribution in [1.29, 1.82) is 0 Å². The molecule has 0 fully saturated rings. The fraction of sp³-hybridized carbons (Fsp3) is 0.571. The minimum absolute atomic E-state index is 0.132. The van der Waals surface area contributed by atoms with E-state index in [-0.39, 0.29) is 9.15 Å². The van der Waals surface area contributed by atoms with Gasteiger partial charge < -0.3 is 5.11 Å². The Balaban J connectivity index is 3.00. The van der Waals surface area contributed by atoms with Gasteiger partial charge in [0.15, 0.2) is 0 Å². The molecule has 0 radical (unpaired) electrons.